The first-order valence-electron chi connectivity index (χ1n) is 3.40. The van der Waals surface area contributed by atoms with E-state index in [0.717, 1.165) is 12.1 Å². The summed E-state index contributed by atoms with van der Waals surface area (Å²) in [5, 5.41) is 18.7. The lowest BCUT2D eigenvalue weighted by Gasteiger charge is -2.02. The molecule has 0 aliphatic carbocycles. The molecule has 74 valence electrons. The average Bonchev–Trinajstić information content (AvgIpc) is 2.01. The normalized spacial score (nSPS) is 9.79. The van der Waals surface area contributed by atoms with Crippen molar-refractivity contribution in [3.63, 3.8) is 0 Å². The van der Waals surface area contributed by atoms with Crippen molar-refractivity contribution >= 4 is 28.9 Å². The van der Waals surface area contributed by atoms with Crippen molar-refractivity contribution in [3.8, 4) is 0 Å². The molecule has 0 saturated carbocycles. The van der Waals surface area contributed by atoms with Gasteiger partial charge in [-0.1, -0.05) is 11.6 Å². The molecule has 0 amide bonds. The monoisotopic (exact) mass is 216 g/mol. The Morgan fingerprint density at radius 2 is 2.14 bits per heavy atom. The van der Waals surface area contributed by atoms with Crippen LogP contribution in [0, 0.1) is 10.1 Å². The number of benzene rings is 1. The molecule has 0 aromatic heterocycles. The molecule has 0 atom stereocenters. The highest BCUT2D eigenvalue weighted by molar-refractivity contribution is 6.34. The molecule has 6 nitrogen and oxygen atoms in total. The number of carboxylic acid groups (broad SMARTS) is 1. The minimum absolute atomic E-state index is 0.225. The van der Waals surface area contributed by atoms with Gasteiger partial charge < -0.3 is 10.8 Å². The van der Waals surface area contributed by atoms with E-state index in [4.69, 9.17) is 22.4 Å². The maximum absolute atomic E-state index is 10.6. The van der Waals surface area contributed by atoms with Crippen molar-refractivity contribution in [2.45, 2.75) is 0 Å². The molecule has 1 aromatic carbocycles. The van der Waals surface area contributed by atoms with Gasteiger partial charge in [0.15, 0.2) is 0 Å². The predicted octanol–water partition coefficient (Wildman–Crippen LogP) is 1.53. The Morgan fingerprint density at radius 1 is 1.57 bits per heavy atom. The van der Waals surface area contributed by atoms with E-state index in [0.29, 0.717) is 0 Å². The van der Waals surface area contributed by atoms with Crippen molar-refractivity contribution in [2.75, 3.05) is 5.73 Å². The number of hydrogen-bond acceptors (Lipinski definition) is 4. The highest BCUT2D eigenvalue weighted by Gasteiger charge is 2.18. The second-order valence-electron chi connectivity index (χ2n) is 2.45. The van der Waals surface area contributed by atoms with E-state index in [1.807, 2.05) is 0 Å². The zero-order valence-corrected chi connectivity index (χ0v) is 7.49. The van der Waals surface area contributed by atoms with Gasteiger partial charge in [-0.25, -0.2) is 4.79 Å². The minimum atomic E-state index is -1.32. The summed E-state index contributed by atoms with van der Waals surface area (Å²) < 4.78 is 0. The van der Waals surface area contributed by atoms with Gasteiger partial charge in [0.05, 0.1) is 15.6 Å². The molecule has 0 radical (unpaired) electrons. The van der Waals surface area contributed by atoms with E-state index in [1.54, 1.807) is 0 Å². The summed E-state index contributed by atoms with van der Waals surface area (Å²) in [7, 11) is 0. The third kappa shape index (κ3) is 1.74. The maximum atomic E-state index is 10.6. The number of nitrogen functional groups attached to an aromatic ring is 1. The summed E-state index contributed by atoms with van der Waals surface area (Å²) in [6.07, 6.45) is 0. The number of rotatable bonds is 2. The van der Waals surface area contributed by atoms with Crippen LogP contribution in [0.25, 0.3) is 0 Å². The zero-order chi connectivity index (χ0) is 10.9. The van der Waals surface area contributed by atoms with Gasteiger partial charge >= 0.3 is 5.97 Å². The number of non-ortho nitro benzene ring substituents is 1. The van der Waals surface area contributed by atoms with Gasteiger partial charge in [0, 0.05) is 12.1 Å². The predicted molar refractivity (Wildman–Crippen MR) is 49.5 cm³/mol. The van der Waals surface area contributed by atoms with Crippen LogP contribution in [0.5, 0.6) is 0 Å². The Kier molecular flexibility index (Phi) is 2.57. The Morgan fingerprint density at radius 3 is 2.50 bits per heavy atom. The largest absolute Gasteiger partial charge is 0.478 e. The van der Waals surface area contributed by atoms with Crippen molar-refractivity contribution < 1.29 is 14.8 Å². The fraction of sp³-hybridized carbons (Fsp3) is 0. The molecule has 0 heterocycles. The number of anilines is 1. The summed E-state index contributed by atoms with van der Waals surface area (Å²) in [6.45, 7) is 0. The number of carbonyl (C=O) groups is 1. The molecule has 7 heteroatoms. The Hall–Kier alpha value is -1.82. The number of hydrogen-bond donors (Lipinski definition) is 2. The first kappa shape index (κ1) is 10.3. The van der Waals surface area contributed by atoms with Crippen molar-refractivity contribution in [3.05, 3.63) is 32.8 Å². The van der Waals surface area contributed by atoms with Gasteiger partial charge in [-0.15, -0.1) is 0 Å². The number of aromatic carboxylic acids is 1. The molecule has 1 rings (SSSR count). The summed E-state index contributed by atoms with van der Waals surface area (Å²) in [6, 6.07) is 1.90. The van der Waals surface area contributed by atoms with E-state index >= 15 is 0 Å². The van der Waals surface area contributed by atoms with Crippen LogP contribution in [0.15, 0.2) is 12.1 Å². The average molecular weight is 217 g/mol. The van der Waals surface area contributed by atoms with Crippen LogP contribution in [0.3, 0.4) is 0 Å². The van der Waals surface area contributed by atoms with Crippen LogP contribution in [0.1, 0.15) is 10.4 Å². The summed E-state index contributed by atoms with van der Waals surface area (Å²) >= 11 is 5.51. The van der Waals surface area contributed by atoms with Gasteiger partial charge in [0.2, 0.25) is 0 Å². The Bertz CT molecular complexity index is 395. The molecule has 0 unspecified atom stereocenters. The first-order chi connectivity index (χ1) is 6.43. The number of nitrogens with zero attached hydrogens (tertiary/aromatic N) is 1. The quantitative estimate of drug-likeness (QED) is 0.443. The molecule has 3 N–H and O–H groups in total. The van der Waals surface area contributed by atoms with Crippen LogP contribution in [-0.2, 0) is 0 Å². The maximum Gasteiger partial charge on any atom is 0.339 e. The van der Waals surface area contributed by atoms with Gasteiger partial charge in [-0.3, -0.25) is 10.1 Å². The lowest BCUT2D eigenvalue weighted by atomic mass is 10.1. The topological polar surface area (TPSA) is 106 Å². The Balaban J connectivity index is 3.39. The fourth-order valence-electron chi connectivity index (χ4n) is 0.944. The number of nitrogens with two attached hydrogens (primary N) is 1. The highest BCUT2D eigenvalue weighted by atomic mass is 35.5. The number of carboxylic acids is 1. The van der Waals surface area contributed by atoms with E-state index in [2.05, 4.69) is 0 Å². The molecule has 0 fully saturated rings. The first-order valence-corrected chi connectivity index (χ1v) is 3.78. The highest BCUT2D eigenvalue weighted by Crippen LogP contribution is 2.28. The van der Waals surface area contributed by atoms with Crippen LogP contribution in [-0.4, -0.2) is 16.0 Å². The molecule has 0 bridgehead atoms. The standard InChI is InChI=1S/C7H5ClN2O4/c8-4-1-3(10(13)14)2-5(9)6(4)7(11)12/h1-2H,9H2,(H,11,12). The number of halogens is 1. The number of nitro groups is 1. The molecule has 0 saturated heterocycles. The lowest BCUT2D eigenvalue weighted by Crippen LogP contribution is -2.04. The third-order valence-electron chi connectivity index (χ3n) is 1.53. The van der Waals surface area contributed by atoms with E-state index in [9.17, 15) is 14.9 Å². The van der Waals surface area contributed by atoms with Gasteiger partial charge in [0.25, 0.3) is 5.69 Å². The Labute approximate surface area is 83.0 Å². The van der Waals surface area contributed by atoms with Crippen LogP contribution >= 0.6 is 11.6 Å². The second kappa shape index (κ2) is 3.51. The van der Waals surface area contributed by atoms with Crippen molar-refractivity contribution in [2.24, 2.45) is 0 Å². The summed E-state index contributed by atoms with van der Waals surface area (Å²) in [5.74, 6) is -1.32. The van der Waals surface area contributed by atoms with Gasteiger partial charge in [0.1, 0.15) is 5.56 Å². The molecule has 0 aliphatic heterocycles. The molecular formula is C7H5ClN2O4. The fourth-order valence-corrected chi connectivity index (χ4v) is 1.25. The summed E-state index contributed by atoms with van der Waals surface area (Å²) in [4.78, 5) is 20.2. The third-order valence-corrected chi connectivity index (χ3v) is 1.83. The van der Waals surface area contributed by atoms with E-state index in [-0.39, 0.29) is 22.0 Å². The molecule has 0 spiro atoms. The lowest BCUT2D eigenvalue weighted by molar-refractivity contribution is -0.384. The SMILES string of the molecule is Nc1cc([N+](=O)[O-])cc(Cl)c1C(=O)O. The molecule has 0 aliphatic rings. The van der Waals surface area contributed by atoms with Crippen LogP contribution < -0.4 is 5.73 Å². The molecule has 1 aromatic rings. The van der Waals surface area contributed by atoms with E-state index in [1.165, 1.54) is 0 Å². The van der Waals surface area contributed by atoms with Crippen molar-refractivity contribution in [1.82, 2.24) is 0 Å². The summed E-state index contributed by atoms with van der Waals surface area (Å²) in [5.41, 5.74) is 4.41. The zero-order valence-electron chi connectivity index (χ0n) is 6.73. The smallest absolute Gasteiger partial charge is 0.339 e. The van der Waals surface area contributed by atoms with Crippen LogP contribution in [0.2, 0.25) is 5.02 Å². The van der Waals surface area contributed by atoms with Gasteiger partial charge in [-0.2, -0.15) is 0 Å². The molecular weight excluding hydrogens is 212 g/mol. The van der Waals surface area contributed by atoms with Crippen molar-refractivity contribution in [1.29, 1.82) is 0 Å². The van der Waals surface area contributed by atoms with E-state index < -0.39 is 10.9 Å². The molecule has 14 heavy (non-hydrogen) atoms. The van der Waals surface area contributed by atoms with Crippen LogP contribution in [0.4, 0.5) is 11.4 Å². The second-order valence-corrected chi connectivity index (χ2v) is 2.86. The number of nitro benzene ring substituents is 1. The minimum Gasteiger partial charge on any atom is -0.478 e. The van der Waals surface area contributed by atoms with Gasteiger partial charge in [-0.05, 0) is 0 Å².